The number of nitrogens with one attached hydrogen (secondary N) is 2. The number of amides is 2. The van der Waals surface area contributed by atoms with Crippen LogP contribution in [0.4, 0.5) is 9.93 Å². The molecule has 3 heterocycles. The van der Waals surface area contributed by atoms with Crippen molar-refractivity contribution in [2.45, 2.75) is 83.7 Å². The molecule has 12 nitrogen and oxygen atoms in total. The highest BCUT2D eigenvalue weighted by atomic mass is 32.1. The fraction of sp³-hybridized carbons (Fsp3) is 0.500. The Morgan fingerprint density at radius 3 is 2.60 bits per heavy atom. The summed E-state index contributed by atoms with van der Waals surface area (Å²) in [7, 11) is 1.59. The number of aromatic nitrogens is 2. The predicted molar refractivity (Wildman–Crippen MR) is 180 cm³/mol. The molecule has 2 aliphatic rings. The van der Waals surface area contributed by atoms with Gasteiger partial charge in [0.15, 0.2) is 5.13 Å². The Balaban J connectivity index is 1.46. The number of pyridine rings is 1. The van der Waals surface area contributed by atoms with E-state index in [4.69, 9.17) is 28.9 Å². The maximum Gasteiger partial charge on any atom is 0.411 e. The molecule has 0 radical (unpaired) electrons. The summed E-state index contributed by atoms with van der Waals surface area (Å²) in [5.74, 6) is -0.124. The Hall–Kier alpha value is -4.39. The number of rotatable bonds is 11. The summed E-state index contributed by atoms with van der Waals surface area (Å²) in [5, 5.41) is 9.64. The average molecular weight is 666 g/mol. The molecule has 2 aromatic heterocycles. The van der Waals surface area contributed by atoms with E-state index in [1.165, 1.54) is 16.2 Å². The minimum Gasteiger partial charge on any atom is -0.497 e. The largest absolute Gasteiger partial charge is 0.497 e. The first-order valence-electron chi connectivity index (χ1n) is 15.8. The molecule has 1 aliphatic carbocycles. The van der Waals surface area contributed by atoms with Gasteiger partial charge < -0.3 is 29.6 Å². The van der Waals surface area contributed by atoms with E-state index in [1.54, 1.807) is 40.9 Å². The number of fused-ring (bicyclic) bond motifs is 1. The number of hydrogen-bond acceptors (Lipinski definition) is 11. The van der Waals surface area contributed by atoms with E-state index >= 15 is 0 Å². The number of carbonyl (C=O) groups is 3. The molecule has 13 heteroatoms. The Kier molecular flexibility index (Phi) is 9.67. The third kappa shape index (κ3) is 7.45. The Morgan fingerprint density at radius 1 is 1.19 bits per heavy atom. The molecule has 252 valence electrons. The maximum absolute atomic E-state index is 13.9. The lowest BCUT2D eigenvalue weighted by atomic mass is 10.1. The highest BCUT2D eigenvalue weighted by Crippen LogP contribution is 2.46. The zero-order chi connectivity index (χ0) is 34.1. The number of nitrogens with zero attached hydrogens (tertiary/aromatic N) is 3. The first-order chi connectivity index (χ1) is 22.3. The van der Waals surface area contributed by atoms with Crippen LogP contribution in [0.15, 0.2) is 42.3 Å². The lowest BCUT2D eigenvalue weighted by Gasteiger charge is -2.28. The van der Waals surface area contributed by atoms with Crippen molar-refractivity contribution in [3.05, 3.63) is 42.3 Å². The van der Waals surface area contributed by atoms with Gasteiger partial charge in [0.2, 0.25) is 5.91 Å². The van der Waals surface area contributed by atoms with E-state index < -0.39 is 41.3 Å². The minimum absolute atomic E-state index is 0.0821. The van der Waals surface area contributed by atoms with Crippen LogP contribution in [0.2, 0.25) is 0 Å². The normalized spacial score (nSPS) is 22.1. The molecule has 2 N–H and O–H groups in total. The predicted octanol–water partition coefficient (Wildman–Crippen LogP) is 5.57. The SMILES string of the molecule is C=CC1CC1(NC(=O)C1CC(Oc2cc(-c3csc(NC(C)C)n3)nc3cc(OC)ccc23)CN1C(=O)OC(C)(C)C)C(=O)OCC. The quantitative estimate of drug-likeness (QED) is 0.197. The molecule has 1 aromatic carbocycles. The van der Waals surface area contributed by atoms with E-state index in [1.807, 2.05) is 43.5 Å². The molecule has 3 aromatic rings. The van der Waals surface area contributed by atoms with Crippen LogP contribution in [0.1, 0.15) is 54.4 Å². The molecular weight excluding hydrogens is 622 g/mol. The van der Waals surface area contributed by atoms with Gasteiger partial charge in [-0.2, -0.15) is 0 Å². The summed E-state index contributed by atoms with van der Waals surface area (Å²) >= 11 is 1.48. The van der Waals surface area contributed by atoms with Gasteiger partial charge in [-0.05, 0) is 60.1 Å². The van der Waals surface area contributed by atoms with Crippen molar-refractivity contribution in [2.75, 3.05) is 25.6 Å². The highest BCUT2D eigenvalue weighted by molar-refractivity contribution is 7.14. The molecular formula is C34H43N5O7S. The second-order valence-electron chi connectivity index (χ2n) is 13.1. The van der Waals surface area contributed by atoms with Crippen molar-refractivity contribution in [1.82, 2.24) is 20.2 Å². The first kappa shape index (κ1) is 34.0. The minimum atomic E-state index is -1.21. The summed E-state index contributed by atoms with van der Waals surface area (Å²) in [6.07, 6.45) is 0.940. The Morgan fingerprint density at radius 2 is 1.96 bits per heavy atom. The number of esters is 1. The summed E-state index contributed by atoms with van der Waals surface area (Å²) in [6, 6.07) is 6.60. The van der Waals surface area contributed by atoms with Crippen molar-refractivity contribution in [3.8, 4) is 22.9 Å². The topological polar surface area (TPSA) is 141 Å². The molecule has 5 rings (SSSR count). The summed E-state index contributed by atoms with van der Waals surface area (Å²) in [6.45, 7) is 15.1. The number of benzene rings is 1. The van der Waals surface area contributed by atoms with E-state index in [0.29, 0.717) is 34.8 Å². The smallest absolute Gasteiger partial charge is 0.411 e. The molecule has 0 spiro atoms. The van der Waals surface area contributed by atoms with Crippen molar-refractivity contribution in [3.63, 3.8) is 0 Å². The Bertz CT molecular complexity index is 1670. The zero-order valence-corrected chi connectivity index (χ0v) is 28.7. The van der Waals surface area contributed by atoms with Gasteiger partial charge in [-0.25, -0.2) is 19.6 Å². The van der Waals surface area contributed by atoms with Gasteiger partial charge >= 0.3 is 12.1 Å². The van der Waals surface area contributed by atoms with E-state index in [-0.39, 0.29) is 31.5 Å². The Labute approximate surface area is 278 Å². The molecule has 0 bridgehead atoms. The van der Waals surface area contributed by atoms with Gasteiger partial charge in [-0.1, -0.05) is 6.08 Å². The summed E-state index contributed by atoms with van der Waals surface area (Å²) in [4.78, 5) is 51.1. The zero-order valence-electron chi connectivity index (χ0n) is 27.9. The van der Waals surface area contributed by atoms with Crippen LogP contribution in [-0.2, 0) is 19.1 Å². The van der Waals surface area contributed by atoms with Gasteiger partial charge in [0, 0.05) is 41.3 Å². The molecule has 1 saturated carbocycles. The van der Waals surface area contributed by atoms with Crippen LogP contribution in [0.25, 0.3) is 22.3 Å². The second kappa shape index (κ2) is 13.4. The molecule has 2 amide bonds. The van der Waals surface area contributed by atoms with Crippen LogP contribution in [0, 0.1) is 5.92 Å². The van der Waals surface area contributed by atoms with Crippen molar-refractivity contribution in [2.24, 2.45) is 5.92 Å². The highest BCUT2D eigenvalue weighted by Gasteiger charge is 2.62. The van der Waals surface area contributed by atoms with E-state index in [9.17, 15) is 14.4 Å². The van der Waals surface area contributed by atoms with Gasteiger partial charge in [0.25, 0.3) is 0 Å². The molecule has 4 unspecified atom stereocenters. The molecule has 4 atom stereocenters. The maximum atomic E-state index is 13.9. The number of hydrogen-bond donors (Lipinski definition) is 2. The van der Waals surface area contributed by atoms with Crippen LogP contribution in [0.3, 0.4) is 0 Å². The number of carbonyl (C=O) groups excluding carboxylic acids is 3. The molecule has 2 fully saturated rings. The van der Waals surface area contributed by atoms with Gasteiger partial charge in [0.1, 0.15) is 40.5 Å². The number of thiazole rings is 1. The van der Waals surface area contributed by atoms with Crippen LogP contribution in [0.5, 0.6) is 11.5 Å². The van der Waals surface area contributed by atoms with Crippen LogP contribution >= 0.6 is 11.3 Å². The van der Waals surface area contributed by atoms with E-state index in [0.717, 1.165) is 10.5 Å². The van der Waals surface area contributed by atoms with Crippen LogP contribution in [-0.4, -0.2) is 82.4 Å². The van der Waals surface area contributed by atoms with Gasteiger partial charge in [-0.15, -0.1) is 17.9 Å². The fourth-order valence-corrected chi connectivity index (χ4v) is 6.49. The van der Waals surface area contributed by atoms with Gasteiger partial charge in [0.05, 0.1) is 31.5 Å². The number of anilines is 1. The van der Waals surface area contributed by atoms with E-state index in [2.05, 4.69) is 17.2 Å². The number of methoxy groups -OCH3 is 1. The van der Waals surface area contributed by atoms with Crippen LogP contribution < -0.4 is 20.1 Å². The number of likely N-dealkylation sites (tertiary alicyclic amines) is 1. The molecule has 1 saturated heterocycles. The first-order valence-corrected chi connectivity index (χ1v) is 16.6. The molecule has 1 aliphatic heterocycles. The van der Waals surface area contributed by atoms with Gasteiger partial charge in [-0.3, -0.25) is 9.69 Å². The summed E-state index contributed by atoms with van der Waals surface area (Å²) < 4.78 is 23.0. The fourth-order valence-electron chi connectivity index (χ4n) is 5.63. The average Bonchev–Trinajstić information content (AvgIpc) is 3.29. The van der Waals surface area contributed by atoms with Crippen molar-refractivity contribution in [1.29, 1.82) is 0 Å². The van der Waals surface area contributed by atoms with Crippen molar-refractivity contribution >= 4 is 45.3 Å². The summed E-state index contributed by atoms with van der Waals surface area (Å²) in [5.41, 5.74) is -0.0814. The van der Waals surface area contributed by atoms with Crippen molar-refractivity contribution < 1.29 is 33.3 Å². The lowest BCUT2D eigenvalue weighted by molar-refractivity contribution is -0.149. The third-order valence-corrected chi connectivity index (χ3v) is 8.70. The molecule has 47 heavy (non-hydrogen) atoms. The number of ether oxygens (including phenoxy) is 4. The standard InChI is InChI=1S/C34H43N5O7S/c1-9-20-16-34(20,30(41)44-10-2)38-29(40)27-14-22(17-39(27)32(42)46-33(5,6)7)45-28-15-25(26-18-47-31(37-26)35-19(3)4)36-24-13-21(43-8)11-12-23(24)28/h9,11-13,15,18-20,22,27H,1,10,14,16-17H2,2-8H3,(H,35,37)(H,38,40). The lowest BCUT2D eigenvalue weighted by Crippen LogP contribution is -2.53. The second-order valence-corrected chi connectivity index (χ2v) is 13.9. The monoisotopic (exact) mass is 665 g/mol. The third-order valence-electron chi connectivity index (χ3n) is 7.93.